The molecular formula is C15H26N2O4. The molecule has 120 valence electrons. The SMILES string of the molecule is CC1CC(C(=O)O)CN(C(=O)CCNC(=O)C(C)(C)C)C1. The zero-order chi connectivity index (χ0) is 16.2. The lowest BCUT2D eigenvalue weighted by Gasteiger charge is -2.34. The number of carbonyl (C=O) groups is 3. The van der Waals surface area contributed by atoms with Gasteiger partial charge in [0.15, 0.2) is 0 Å². The first-order valence-corrected chi connectivity index (χ1v) is 7.40. The fourth-order valence-corrected chi connectivity index (χ4v) is 2.44. The first-order chi connectivity index (χ1) is 9.61. The molecule has 2 unspecified atom stereocenters. The van der Waals surface area contributed by atoms with Crippen molar-refractivity contribution < 1.29 is 19.5 Å². The molecule has 2 atom stereocenters. The van der Waals surface area contributed by atoms with E-state index < -0.39 is 17.3 Å². The number of carboxylic acid groups (broad SMARTS) is 1. The Kier molecular flexibility index (Phi) is 5.75. The maximum atomic E-state index is 12.1. The number of hydrogen-bond donors (Lipinski definition) is 2. The Balaban J connectivity index is 2.44. The van der Waals surface area contributed by atoms with Gasteiger partial charge in [0.25, 0.3) is 0 Å². The number of amides is 2. The second kappa shape index (κ2) is 6.91. The van der Waals surface area contributed by atoms with Crippen LogP contribution in [0.3, 0.4) is 0 Å². The highest BCUT2D eigenvalue weighted by atomic mass is 16.4. The van der Waals surface area contributed by atoms with E-state index in [0.29, 0.717) is 13.0 Å². The lowest BCUT2D eigenvalue weighted by Crippen LogP contribution is -2.46. The second-order valence-corrected chi connectivity index (χ2v) is 6.93. The van der Waals surface area contributed by atoms with Crippen molar-refractivity contribution in [1.29, 1.82) is 0 Å². The van der Waals surface area contributed by atoms with Crippen molar-refractivity contribution >= 4 is 17.8 Å². The van der Waals surface area contributed by atoms with Crippen molar-refractivity contribution in [3.8, 4) is 0 Å². The van der Waals surface area contributed by atoms with Gasteiger partial charge in [-0.3, -0.25) is 14.4 Å². The Morgan fingerprint density at radius 2 is 1.86 bits per heavy atom. The third-order valence-corrected chi connectivity index (χ3v) is 3.67. The van der Waals surface area contributed by atoms with Crippen LogP contribution in [0.15, 0.2) is 0 Å². The zero-order valence-electron chi connectivity index (χ0n) is 13.3. The zero-order valence-corrected chi connectivity index (χ0v) is 13.3. The van der Waals surface area contributed by atoms with Crippen molar-refractivity contribution in [2.75, 3.05) is 19.6 Å². The van der Waals surface area contributed by atoms with Crippen LogP contribution in [-0.4, -0.2) is 47.4 Å². The Labute approximate surface area is 125 Å². The molecule has 0 bridgehead atoms. The van der Waals surface area contributed by atoms with Gasteiger partial charge in [-0.1, -0.05) is 27.7 Å². The lowest BCUT2D eigenvalue weighted by molar-refractivity contribution is -0.146. The Morgan fingerprint density at radius 1 is 1.24 bits per heavy atom. The summed E-state index contributed by atoms with van der Waals surface area (Å²) in [7, 11) is 0. The van der Waals surface area contributed by atoms with E-state index in [1.807, 2.05) is 27.7 Å². The fraction of sp³-hybridized carbons (Fsp3) is 0.800. The van der Waals surface area contributed by atoms with Gasteiger partial charge >= 0.3 is 5.97 Å². The minimum absolute atomic E-state index is 0.0919. The molecule has 1 fully saturated rings. The first kappa shape index (κ1) is 17.5. The summed E-state index contributed by atoms with van der Waals surface area (Å²) in [5.74, 6) is -1.33. The molecule has 0 aromatic carbocycles. The fourth-order valence-electron chi connectivity index (χ4n) is 2.44. The molecule has 0 radical (unpaired) electrons. The summed E-state index contributed by atoms with van der Waals surface area (Å²) in [6.07, 6.45) is 0.820. The minimum atomic E-state index is -0.847. The highest BCUT2D eigenvalue weighted by molar-refractivity contribution is 5.82. The molecule has 2 amide bonds. The highest BCUT2D eigenvalue weighted by Crippen LogP contribution is 2.22. The van der Waals surface area contributed by atoms with Crippen LogP contribution in [0, 0.1) is 17.3 Å². The van der Waals surface area contributed by atoms with Crippen molar-refractivity contribution in [2.45, 2.75) is 40.5 Å². The summed E-state index contributed by atoms with van der Waals surface area (Å²) in [6, 6.07) is 0. The largest absolute Gasteiger partial charge is 0.481 e. The summed E-state index contributed by atoms with van der Waals surface area (Å²) in [6.45, 7) is 8.55. The van der Waals surface area contributed by atoms with E-state index >= 15 is 0 Å². The standard InChI is InChI=1S/C15H26N2O4/c1-10-7-11(13(19)20)9-17(8-10)12(18)5-6-16-14(21)15(2,3)4/h10-11H,5-9H2,1-4H3,(H,16,21)(H,19,20). The predicted octanol–water partition coefficient (Wildman–Crippen LogP) is 1.11. The topological polar surface area (TPSA) is 86.7 Å². The number of rotatable bonds is 4. The van der Waals surface area contributed by atoms with Gasteiger partial charge in [0.1, 0.15) is 0 Å². The van der Waals surface area contributed by atoms with E-state index in [2.05, 4.69) is 5.32 Å². The number of aliphatic carboxylic acids is 1. The maximum absolute atomic E-state index is 12.1. The Hall–Kier alpha value is -1.59. The minimum Gasteiger partial charge on any atom is -0.481 e. The van der Waals surface area contributed by atoms with E-state index in [0.717, 1.165) is 0 Å². The first-order valence-electron chi connectivity index (χ1n) is 7.40. The third kappa shape index (κ3) is 5.36. The number of carboxylic acids is 1. The number of nitrogens with zero attached hydrogens (tertiary/aromatic N) is 1. The van der Waals surface area contributed by atoms with Gasteiger partial charge in [0.2, 0.25) is 11.8 Å². The normalized spacial score (nSPS) is 22.8. The number of hydrogen-bond acceptors (Lipinski definition) is 3. The van der Waals surface area contributed by atoms with E-state index in [9.17, 15) is 14.4 Å². The molecule has 0 aliphatic carbocycles. The van der Waals surface area contributed by atoms with Crippen molar-refractivity contribution in [3.63, 3.8) is 0 Å². The van der Waals surface area contributed by atoms with E-state index in [4.69, 9.17) is 5.11 Å². The molecule has 0 aromatic rings. The van der Waals surface area contributed by atoms with E-state index in [1.165, 1.54) is 0 Å². The number of carbonyl (C=O) groups excluding carboxylic acids is 2. The van der Waals surface area contributed by atoms with Crippen molar-refractivity contribution in [1.82, 2.24) is 10.2 Å². The van der Waals surface area contributed by atoms with E-state index in [-0.39, 0.29) is 37.2 Å². The third-order valence-electron chi connectivity index (χ3n) is 3.67. The van der Waals surface area contributed by atoms with Crippen molar-refractivity contribution in [2.24, 2.45) is 17.3 Å². The van der Waals surface area contributed by atoms with Gasteiger partial charge < -0.3 is 15.3 Å². The van der Waals surface area contributed by atoms with Crippen LogP contribution >= 0.6 is 0 Å². The molecule has 1 aliphatic rings. The van der Waals surface area contributed by atoms with Crippen LogP contribution in [0.1, 0.15) is 40.5 Å². The Bertz CT molecular complexity index is 414. The van der Waals surface area contributed by atoms with Gasteiger partial charge in [0, 0.05) is 31.5 Å². The molecular weight excluding hydrogens is 272 g/mol. The summed E-state index contributed by atoms with van der Waals surface area (Å²) < 4.78 is 0. The molecule has 1 heterocycles. The van der Waals surface area contributed by atoms with Crippen molar-refractivity contribution in [3.05, 3.63) is 0 Å². The molecule has 21 heavy (non-hydrogen) atoms. The molecule has 6 nitrogen and oxygen atoms in total. The van der Waals surface area contributed by atoms with Crippen LogP contribution < -0.4 is 5.32 Å². The van der Waals surface area contributed by atoms with Gasteiger partial charge in [-0.2, -0.15) is 0 Å². The average molecular weight is 298 g/mol. The van der Waals surface area contributed by atoms with Crippen LogP contribution in [-0.2, 0) is 14.4 Å². The molecule has 1 aliphatic heterocycles. The molecule has 0 aromatic heterocycles. The van der Waals surface area contributed by atoms with Gasteiger partial charge in [-0.05, 0) is 12.3 Å². The molecule has 2 N–H and O–H groups in total. The summed E-state index contributed by atoms with van der Waals surface area (Å²) in [5, 5.41) is 11.8. The number of nitrogens with one attached hydrogen (secondary N) is 1. The number of piperidine rings is 1. The van der Waals surface area contributed by atoms with Crippen LogP contribution in [0.5, 0.6) is 0 Å². The van der Waals surface area contributed by atoms with Gasteiger partial charge in [-0.15, -0.1) is 0 Å². The molecule has 0 spiro atoms. The average Bonchev–Trinajstić information content (AvgIpc) is 2.36. The maximum Gasteiger partial charge on any atom is 0.308 e. The summed E-state index contributed by atoms with van der Waals surface area (Å²) in [5.41, 5.74) is -0.475. The quantitative estimate of drug-likeness (QED) is 0.814. The summed E-state index contributed by atoms with van der Waals surface area (Å²) >= 11 is 0. The predicted molar refractivity (Wildman–Crippen MR) is 78.6 cm³/mol. The molecule has 1 rings (SSSR count). The summed E-state index contributed by atoms with van der Waals surface area (Å²) in [4.78, 5) is 36.5. The number of likely N-dealkylation sites (tertiary alicyclic amines) is 1. The van der Waals surface area contributed by atoms with Gasteiger partial charge in [0.05, 0.1) is 5.92 Å². The molecule has 1 saturated heterocycles. The highest BCUT2D eigenvalue weighted by Gasteiger charge is 2.31. The van der Waals surface area contributed by atoms with Crippen LogP contribution in [0.25, 0.3) is 0 Å². The molecule has 6 heteroatoms. The van der Waals surface area contributed by atoms with Gasteiger partial charge in [-0.25, -0.2) is 0 Å². The van der Waals surface area contributed by atoms with E-state index in [1.54, 1.807) is 4.90 Å². The van der Waals surface area contributed by atoms with Crippen LogP contribution in [0.4, 0.5) is 0 Å². The monoisotopic (exact) mass is 298 g/mol. The second-order valence-electron chi connectivity index (χ2n) is 6.93. The smallest absolute Gasteiger partial charge is 0.308 e. The Morgan fingerprint density at radius 3 is 2.38 bits per heavy atom. The molecule has 0 saturated carbocycles. The lowest BCUT2D eigenvalue weighted by atomic mass is 9.90. The van der Waals surface area contributed by atoms with Crippen LogP contribution in [0.2, 0.25) is 0 Å².